The maximum absolute atomic E-state index is 6.15. The van der Waals surface area contributed by atoms with Crippen LogP contribution in [-0.4, -0.2) is 26.3 Å². The van der Waals surface area contributed by atoms with E-state index in [0.717, 1.165) is 35.0 Å². The third kappa shape index (κ3) is 5.26. The number of hydrogen-bond donors (Lipinski definition) is 1. The number of hydrogen-bond acceptors (Lipinski definition) is 2. The van der Waals surface area contributed by atoms with Gasteiger partial charge in [-0.2, -0.15) is 0 Å². The van der Waals surface area contributed by atoms with Crippen LogP contribution in [0.3, 0.4) is 0 Å². The number of halogens is 2. The lowest BCUT2D eigenvalue weighted by molar-refractivity contribution is 0.166. The SMILES string of the molecule is CCCNC(COC)Cc1cc(Cl)ccc1Cl. The average molecular weight is 276 g/mol. The second kappa shape index (κ2) is 7.93. The molecule has 17 heavy (non-hydrogen) atoms. The van der Waals surface area contributed by atoms with Gasteiger partial charge in [-0.1, -0.05) is 30.1 Å². The topological polar surface area (TPSA) is 21.3 Å². The summed E-state index contributed by atoms with van der Waals surface area (Å²) in [6, 6.07) is 5.83. The number of benzene rings is 1. The fraction of sp³-hybridized carbons (Fsp3) is 0.538. The van der Waals surface area contributed by atoms with Crippen molar-refractivity contribution in [3.8, 4) is 0 Å². The van der Waals surface area contributed by atoms with Gasteiger partial charge in [0, 0.05) is 23.2 Å². The summed E-state index contributed by atoms with van der Waals surface area (Å²) in [5, 5.41) is 4.92. The summed E-state index contributed by atoms with van der Waals surface area (Å²) in [7, 11) is 1.71. The van der Waals surface area contributed by atoms with Gasteiger partial charge < -0.3 is 10.1 Å². The summed E-state index contributed by atoms with van der Waals surface area (Å²) in [5.41, 5.74) is 1.06. The smallest absolute Gasteiger partial charge is 0.0619 e. The zero-order valence-electron chi connectivity index (χ0n) is 10.3. The molecule has 1 aromatic carbocycles. The van der Waals surface area contributed by atoms with E-state index in [1.54, 1.807) is 13.2 Å². The van der Waals surface area contributed by atoms with Crippen molar-refractivity contribution < 1.29 is 4.74 Å². The molecule has 0 aromatic heterocycles. The number of rotatable bonds is 7. The lowest BCUT2D eigenvalue weighted by atomic mass is 10.1. The Labute approximate surface area is 113 Å². The molecule has 1 rings (SSSR count). The highest BCUT2D eigenvalue weighted by Gasteiger charge is 2.11. The molecule has 1 unspecified atom stereocenters. The highest BCUT2D eigenvalue weighted by molar-refractivity contribution is 6.33. The van der Waals surface area contributed by atoms with Gasteiger partial charge in [0.2, 0.25) is 0 Å². The predicted molar refractivity (Wildman–Crippen MR) is 74.1 cm³/mol. The minimum absolute atomic E-state index is 0.274. The van der Waals surface area contributed by atoms with Crippen LogP contribution < -0.4 is 5.32 Å². The molecule has 0 saturated heterocycles. The maximum atomic E-state index is 6.15. The molecule has 0 spiro atoms. The summed E-state index contributed by atoms with van der Waals surface area (Å²) in [5.74, 6) is 0. The molecule has 4 heteroatoms. The van der Waals surface area contributed by atoms with Crippen LogP contribution in [-0.2, 0) is 11.2 Å². The Morgan fingerprint density at radius 1 is 1.35 bits per heavy atom. The maximum Gasteiger partial charge on any atom is 0.0619 e. The second-order valence-corrected chi connectivity index (χ2v) is 4.89. The Hall–Kier alpha value is -0.280. The molecule has 2 nitrogen and oxygen atoms in total. The third-order valence-electron chi connectivity index (χ3n) is 2.52. The highest BCUT2D eigenvalue weighted by atomic mass is 35.5. The predicted octanol–water partition coefficient (Wildman–Crippen LogP) is 3.55. The van der Waals surface area contributed by atoms with Gasteiger partial charge in [-0.3, -0.25) is 0 Å². The van der Waals surface area contributed by atoms with Crippen LogP contribution in [0.1, 0.15) is 18.9 Å². The first kappa shape index (κ1) is 14.8. The highest BCUT2D eigenvalue weighted by Crippen LogP contribution is 2.21. The van der Waals surface area contributed by atoms with Crippen molar-refractivity contribution in [3.63, 3.8) is 0 Å². The molecular formula is C13H19Cl2NO. The standard InChI is InChI=1S/C13H19Cl2NO/c1-3-6-16-12(9-17-2)8-10-7-11(14)4-5-13(10)15/h4-5,7,12,16H,3,6,8-9H2,1-2H3. The van der Waals surface area contributed by atoms with E-state index in [0.29, 0.717) is 6.61 Å². The molecule has 0 aliphatic heterocycles. The normalized spacial score (nSPS) is 12.7. The molecule has 0 aliphatic carbocycles. The zero-order chi connectivity index (χ0) is 12.7. The van der Waals surface area contributed by atoms with Gasteiger partial charge >= 0.3 is 0 Å². The van der Waals surface area contributed by atoms with Crippen molar-refractivity contribution in [2.24, 2.45) is 0 Å². The van der Waals surface area contributed by atoms with Crippen LogP contribution in [0.25, 0.3) is 0 Å². The Morgan fingerprint density at radius 3 is 2.76 bits per heavy atom. The summed E-state index contributed by atoms with van der Waals surface area (Å²) in [6.45, 7) is 3.79. The van der Waals surface area contributed by atoms with E-state index in [1.807, 2.05) is 12.1 Å². The van der Waals surface area contributed by atoms with Gasteiger partial charge in [-0.15, -0.1) is 0 Å². The molecule has 0 radical (unpaired) electrons. The van der Waals surface area contributed by atoms with Crippen LogP contribution in [0, 0.1) is 0 Å². The fourth-order valence-electron chi connectivity index (χ4n) is 1.70. The first-order valence-corrected chi connectivity index (χ1v) is 6.59. The summed E-state index contributed by atoms with van der Waals surface area (Å²) in [6.07, 6.45) is 1.93. The molecule has 0 saturated carbocycles. The monoisotopic (exact) mass is 275 g/mol. The van der Waals surface area contributed by atoms with Crippen LogP contribution >= 0.6 is 23.2 Å². The molecule has 1 aromatic rings. The van der Waals surface area contributed by atoms with Crippen molar-refractivity contribution in [2.75, 3.05) is 20.3 Å². The zero-order valence-corrected chi connectivity index (χ0v) is 11.8. The van der Waals surface area contributed by atoms with E-state index in [9.17, 15) is 0 Å². The summed E-state index contributed by atoms with van der Waals surface area (Å²) < 4.78 is 5.20. The Balaban J connectivity index is 2.67. The second-order valence-electron chi connectivity index (χ2n) is 4.05. The van der Waals surface area contributed by atoms with Crippen LogP contribution in [0.5, 0.6) is 0 Å². The number of nitrogens with one attached hydrogen (secondary N) is 1. The molecule has 96 valence electrons. The van der Waals surface area contributed by atoms with E-state index in [-0.39, 0.29) is 6.04 Å². The quantitative estimate of drug-likeness (QED) is 0.822. The Bertz CT molecular complexity index is 344. The minimum atomic E-state index is 0.274. The van der Waals surface area contributed by atoms with Crippen molar-refractivity contribution in [3.05, 3.63) is 33.8 Å². The Morgan fingerprint density at radius 2 is 2.12 bits per heavy atom. The van der Waals surface area contributed by atoms with E-state index in [2.05, 4.69) is 12.2 Å². The lowest BCUT2D eigenvalue weighted by Gasteiger charge is -2.18. The Kier molecular flexibility index (Phi) is 6.90. The number of methoxy groups -OCH3 is 1. The van der Waals surface area contributed by atoms with Crippen molar-refractivity contribution in [2.45, 2.75) is 25.8 Å². The summed E-state index contributed by atoms with van der Waals surface area (Å²) in [4.78, 5) is 0. The number of ether oxygens (including phenoxy) is 1. The van der Waals surface area contributed by atoms with E-state index in [1.165, 1.54) is 0 Å². The minimum Gasteiger partial charge on any atom is -0.383 e. The molecule has 0 aliphatic rings. The first-order chi connectivity index (χ1) is 8.17. The van der Waals surface area contributed by atoms with Crippen molar-refractivity contribution in [1.82, 2.24) is 5.32 Å². The van der Waals surface area contributed by atoms with Gasteiger partial charge in [0.15, 0.2) is 0 Å². The van der Waals surface area contributed by atoms with Crippen molar-refractivity contribution >= 4 is 23.2 Å². The molecular weight excluding hydrogens is 257 g/mol. The molecule has 1 N–H and O–H groups in total. The fourth-order valence-corrected chi connectivity index (χ4v) is 2.09. The molecule has 1 atom stereocenters. The van der Waals surface area contributed by atoms with E-state index in [4.69, 9.17) is 27.9 Å². The molecule has 0 heterocycles. The third-order valence-corrected chi connectivity index (χ3v) is 3.13. The summed E-state index contributed by atoms with van der Waals surface area (Å²) >= 11 is 12.1. The van der Waals surface area contributed by atoms with Crippen LogP contribution in [0.4, 0.5) is 0 Å². The van der Waals surface area contributed by atoms with Gasteiger partial charge in [0.1, 0.15) is 0 Å². The van der Waals surface area contributed by atoms with Gasteiger partial charge in [0.25, 0.3) is 0 Å². The van der Waals surface area contributed by atoms with Gasteiger partial charge in [-0.25, -0.2) is 0 Å². The lowest BCUT2D eigenvalue weighted by Crippen LogP contribution is -2.35. The van der Waals surface area contributed by atoms with Crippen LogP contribution in [0.2, 0.25) is 10.0 Å². The van der Waals surface area contributed by atoms with Gasteiger partial charge in [0.05, 0.1) is 6.61 Å². The van der Waals surface area contributed by atoms with Crippen molar-refractivity contribution in [1.29, 1.82) is 0 Å². The van der Waals surface area contributed by atoms with E-state index < -0.39 is 0 Å². The molecule has 0 bridgehead atoms. The van der Waals surface area contributed by atoms with Gasteiger partial charge in [-0.05, 0) is 43.1 Å². The van der Waals surface area contributed by atoms with Crippen LogP contribution in [0.15, 0.2) is 18.2 Å². The largest absolute Gasteiger partial charge is 0.383 e. The van der Waals surface area contributed by atoms with E-state index >= 15 is 0 Å². The molecule has 0 fully saturated rings. The molecule has 0 amide bonds. The average Bonchev–Trinajstić information content (AvgIpc) is 2.31. The first-order valence-electron chi connectivity index (χ1n) is 5.83.